The van der Waals surface area contributed by atoms with E-state index in [0.29, 0.717) is 0 Å². The van der Waals surface area contributed by atoms with Crippen LogP contribution in [0.15, 0.2) is 49.6 Å². The maximum Gasteiger partial charge on any atom is 0.115 e. The van der Waals surface area contributed by atoms with Gasteiger partial charge in [0, 0.05) is 24.8 Å². The third-order valence-corrected chi connectivity index (χ3v) is 0.955. The highest BCUT2D eigenvalue weighted by molar-refractivity contribution is 4.74. The number of aromatic nitrogens is 4. The molecule has 0 atom stereocenters. The first-order chi connectivity index (χ1) is 6.00. The van der Waals surface area contributed by atoms with Gasteiger partial charge in [-0.2, -0.15) is 0 Å². The largest absolute Gasteiger partial charge is 0.245 e. The van der Waals surface area contributed by atoms with Crippen LogP contribution in [0.5, 0.6) is 0 Å². The topological polar surface area (TPSA) is 51.6 Å². The van der Waals surface area contributed by atoms with Crippen molar-refractivity contribution in [1.29, 1.82) is 0 Å². The summed E-state index contributed by atoms with van der Waals surface area (Å²) in [5.41, 5.74) is 0. The summed E-state index contributed by atoms with van der Waals surface area (Å²) in [6.07, 6.45) is 9.75. The third kappa shape index (κ3) is 4.05. The first kappa shape index (κ1) is 8.26. The molecule has 0 radical (unpaired) electrons. The van der Waals surface area contributed by atoms with Gasteiger partial charge in [0.25, 0.3) is 0 Å². The van der Waals surface area contributed by atoms with Crippen LogP contribution in [0, 0.1) is 0 Å². The van der Waals surface area contributed by atoms with Gasteiger partial charge in [-0.3, -0.25) is 0 Å². The highest BCUT2D eigenvalue weighted by Gasteiger charge is 1.59. The predicted molar refractivity (Wildman–Crippen MR) is 44.1 cm³/mol. The van der Waals surface area contributed by atoms with Gasteiger partial charge >= 0.3 is 0 Å². The molecular formula is C8H8N4. The zero-order valence-electron chi connectivity index (χ0n) is 6.41. The van der Waals surface area contributed by atoms with Gasteiger partial charge in [0.1, 0.15) is 12.7 Å². The SMILES string of the molecule is c1cncnc1.c1cncnc1. The van der Waals surface area contributed by atoms with E-state index in [1.165, 1.54) is 12.7 Å². The fourth-order valence-corrected chi connectivity index (χ4v) is 0.507. The van der Waals surface area contributed by atoms with Crippen molar-refractivity contribution in [2.75, 3.05) is 0 Å². The van der Waals surface area contributed by atoms with E-state index < -0.39 is 0 Å². The Morgan fingerprint density at radius 2 is 0.833 bits per heavy atom. The Balaban J connectivity index is 0.000000120. The second-order valence-electron chi connectivity index (χ2n) is 1.81. The zero-order chi connectivity index (χ0) is 8.49. The predicted octanol–water partition coefficient (Wildman–Crippen LogP) is 0.953. The molecule has 0 bridgehead atoms. The summed E-state index contributed by atoms with van der Waals surface area (Å²) < 4.78 is 0. The molecule has 60 valence electrons. The van der Waals surface area contributed by atoms with Crippen LogP contribution in [0.1, 0.15) is 0 Å². The van der Waals surface area contributed by atoms with Crippen LogP contribution < -0.4 is 0 Å². The molecule has 0 amide bonds. The Morgan fingerprint density at radius 3 is 0.917 bits per heavy atom. The summed E-state index contributed by atoms with van der Waals surface area (Å²) in [6, 6.07) is 3.56. The minimum Gasteiger partial charge on any atom is -0.245 e. The third-order valence-electron chi connectivity index (χ3n) is 0.955. The van der Waals surface area contributed by atoms with Crippen molar-refractivity contribution in [3.05, 3.63) is 49.6 Å². The maximum absolute atomic E-state index is 3.67. The first-order valence-electron chi connectivity index (χ1n) is 3.40. The molecule has 12 heavy (non-hydrogen) atoms. The Labute approximate surface area is 70.4 Å². The average molecular weight is 160 g/mol. The molecule has 2 heterocycles. The van der Waals surface area contributed by atoms with Crippen molar-refractivity contribution in [3.8, 4) is 0 Å². The molecule has 0 aliphatic rings. The van der Waals surface area contributed by atoms with Crippen LogP contribution in [0.25, 0.3) is 0 Å². The molecule has 0 saturated carbocycles. The maximum atomic E-state index is 3.67. The molecular weight excluding hydrogens is 152 g/mol. The van der Waals surface area contributed by atoms with E-state index in [1.807, 2.05) is 0 Å². The smallest absolute Gasteiger partial charge is 0.115 e. The van der Waals surface area contributed by atoms with E-state index in [0.717, 1.165) is 0 Å². The molecule has 0 aliphatic heterocycles. The summed E-state index contributed by atoms with van der Waals surface area (Å²) in [5.74, 6) is 0. The molecule has 0 spiro atoms. The second kappa shape index (κ2) is 5.91. The number of hydrogen-bond acceptors (Lipinski definition) is 4. The fraction of sp³-hybridized carbons (Fsp3) is 0. The van der Waals surface area contributed by atoms with Gasteiger partial charge in [-0.1, -0.05) is 0 Å². The lowest BCUT2D eigenvalue weighted by molar-refractivity contribution is 1.17. The summed E-state index contributed by atoms with van der Waals surface area (Å²) in [4.78, 5) is 14.7. The van der Waals surface area contributed by atoms with Gasteiger partial charge in [-0.15, -0.1) is 0 Å². The van der Waals surface area contributed by atoms with E-state index in [4.69, 9.17) is 0 Å². The lowest BCUT2D eigenvalue weighted by Gasteiger charge is -1.70. The highest BCUT2D eigenvalue weighted by Crippen LogP contribution is 1.67. The Hall–Kier alpha value is -1.84. The number of nitrogens with zero attached hydrogens (tertiary/aromatic N) is 4. The van der Waals surface area contributed by atoms with E-state index in [2.05, 4.69) is 19.9 Å². The molecule has 2 aromatic rings. The van der Waals surface area contributed by atoms with Crippen molar-refractivity contribution in [2.45, 2.75) is 0 Å². The summed E-state index contributed by atoms with van der Waals surface area (Å²) in [6.45, 7) is 0. The van der Waals surface area contributed by atoms with Gasteiger partial charge in [0.15, 0.2) is 0 Å². The van der Waals surface area contributed by atoms with Gasteiger partial charge in [0.2, 0.25) is 0 Å². The average Bonchev–Trinajstić information content (AvgIpc) is 2.24. The van der Waals surface area contributed by atoms with E-state index in [-0.39, 0.29) is 0 Å². The van der Waals surface area contributed by atoms with Crippen LogP contribution in [0.2, 0.25) is 0 Å². The lowest BCUT2D eigenvalue weighted by Crippen LogP contribution is -1.66. The van der Waals surface area contributed by atoms with Crippen LogP contribution in [0.4, 0.5) is 0 Å². The Bertz CT molecular complexity index is 186. The normalized spacial score (nSPS) is 8.00. The van der Waals surface area contributed by atoms with Crippen LogP contribution in [-0.2, 0) is 0 Å². The number of rotatable bonds is 0. The highest BCUT2D eigenvalue weighted by atomic mass is 14.8. The Morgan fingerprint density at radius 1 is 0.500 bits per heavy atom. The van der Waals surface area contributed by atoms with Crippen LogP contribution in [-0.4, -0.2) is 19.9 Å². The zero-order valence-corrected chi connectivity index (χ0v) is 6.41. The van der Waals surface area contributed by atoms with Crippen LogP contribution >= 0.6 is 0 Å². The second-order valence-corrected chi connectivity index (χ2v) is 1.81. The molecule has 0 aliphatic carbocycles. The standard InChI is InChI=1S/2C4H4N2/c2*1-2-5-4-6-3-1/h2*1-4H. The molecule has 0 aromatic carbocycles. The molecule has 2 rings (SSSR count). The van der Waals surface area contributed by atoms with Gasteiger partial charge in [-0.25, -0.2) is 19.9 Å². The van der Waals surface area contributed by atoms with Gasteiger partial charge < -0.3 is 0 Å². The molecule has 0 fully saturated rings. The van der Waals surface area contributed by atoms with E-state index in [1.54, 1.807) is 36.9 Å². The van der Waals surface area contributed by atoms with E-state index in [9.17, 15) is 0 Å². The van der Waals surface area contributed by atoms with E-state index >= 15 is 0 Å². The Kier molecular flexibility index (Phi) is 4.07. The summed E-state index contributed by atoms with van der Waals surface area (Å²) >= 11 is 0. The minimum absolute atomic E-state index is 1.50. The molecule has 4 heteroatoms. The van der Waals surface area contributed by atoms with Gasteiger partial charge in [-0.05, 0) is 12.1 Å². The molecule has 0 N–H and O–H groups in total. The van der Waals surface area contributed by atoms with Crippen molar-refractivity contribution in [3.63, 3.8) is 0 Å². The monoisotopic (exact) mass is 160 g/mol. The van der Waals surface area contributed by atoms with Gasteiger partial charge in [0.05, 0.1) is 0 Å². The van der Waals surface area contributed by atoms with Crippen molar-refractivity contribution >= 4 is 0 Å². The minimum atomic E-state index is 1.50. The fourth-order valence-electron chi connectivity index (χ4n) is 0.507. The molecule has 0 unspecified atom stereocenters. The van der Waals surface area contributed by atoms with Crippen molar-refractivity contribution < 1.29 is 0 Å². The quantitative estimate of drug-likeness (QED) is 0.575. The molecule has 2 aromatic heterocycles. The molecule has 4 nitrogen and oxygen atoms in total. The lowest BCUT2D eigenvalue weighted by atomic mass is 10.7. The van der Waals surface area contributed by atoms with Crippen molar-refractivity contribution in [1.82, 2.24) is 19.9 Å². The van der Waals surface area contributed by atoms with Crippen LogP contribution in [0.3, 0.4) is 0 Å². The van der Waals surface area contributed by atoms with Crippen molar-refractivity contribution in [2.24, 2.45) is 0 Å². The summed E-state index contributed by atoms with van der Waals surface area (Å²) in [5, 5.41) is 0. The first-order valence-corrected chi connectivity index (χ1v) is 3.40. The molecule has 0 saturated heterocycles. The number of hydrogen-bond donors (Lipinski definition) is 0. The summed E-state index contributed by atoms with van der Waals surface area (Å²) in [7, 11) is 0.